The highest BCUT2D eigenvalue weighted by Gasteiger charge is 2.31. The molecule has 3 rings (SSSR count). The van der Waals surface area contributed by atoms with Crippen LogP contribution in [0.2, 0.25) is 0 Å². The van der Waals surface area contributed by atoms with E-state index in [0.717, 1.165) is 50.8 Å². The summed E-state index contributed by atoms with van der Waals surface area (Å²) < 4.78 is 10.5. The van der Waals surface area contributed by atoms with Crippen molar-refractivity contribution in [2.75, 3.05) is 50.9 Å². The molecule has 1 unspecified atom stereocenters. The fourth-order valence-electron chi connectivity index (χ4n) is 3.01. The summed E-state index contributed by atoms with van der Waals surface area (Å²) in [5.74, 6) is 1.27. The molecule has 132 valence electrons. The molecular formula is C15H21N3O5S. The highest BCUT2D eigenvalue weighted by Crippen LogP contribution is 2.23. The van der Waals surface area contributed by atoms with Crippen molar-refractivity contribution in [3.63, 3.8) is 0 Å². The van der Waals surface area contributed by atoms with Crippen molar-refractivity contribution in [3.8, 4) is 0 Å². The Hall–Kier alpha value is -1.58. The van der Waals surface area contributed by atoms with Crippen molar-refractivity contribution in [3.05, 3.63) is 28.0 Å². The Kier molecular flexibility index (Phi) is 5.75. The molecule has 2 aliphatic rings. The zero-order valence-corrected chi connectivity index (χ0v) is 14.2. The Labute approximate surface area is 144 Å². The smallest absolute Gasteiger partial charge is 0.395 e. The third kappa shape index (κ3) is 4.08. The summed E-state index contributed by atoms with van der Waals surface area (Å²) in [4.78, 5) is 27.1. The number of carbonyl (C=O) groups is 1. The number of amides is 1. The van der Waals surface area contributed by atoms with E-state index in [1.807, 2.05) is 16.7 Å². The first-order valence-electron chi connectivity index (χ1n) is 8.08. The third-order valence-corrected chi connectivity index (χ3v) is 5.45. The van der Waals surface area contributed by atoms with Gasteiger partial charge in [0.2, 0.25) is 0 Å². The molecule has 0 spiro atoms. The van der Waals surface area contributed by atoms with Crippen LogP contribution in [0, 0.1) is 10.1 Å². The van der Waals surface area contributed by atoms with Crippen molar-refractivity contribution in [2.24, 2.45) is 0 Å². The van der Waals surface area contributed by atoms with Crippen LogP contribution in [0.4, 0.5) is 5.88 Å². The molecule has 24 heavy (non-hydrogen) atoms. The summed E-state index contributed by atoms with van der Waals surface area (Å²) in [5.41, 5.74) is 0. The average Bonchev–Trinajstić information content (AvgIpc) is 2.98. The molecule has 0 radical (unpaired) electrons. The Bertz CT molecular complexity index is 587. The number of hydrogen-bond donors (Lipinski definition) is 0. The maximum Gasteiger partial charge on any atom is 0.433 e. The van der Waals surface area contributed by atoms with E-state index in [1.165, 1.54) is 12.1 Å². The van der Waals surface area contributed by atoms with Gasteiger partial charge < -0.3 is 14.1 Å². The van der Waals surface area contributed by atoms with Gasteiger partial charge in [0.1, 0.15) is 4.92 Å². The summed E-state index contributed by atoms with van der Waals surface area (Å²) >= 11 is 1.85. The first kappa shape index (κ1) is 17.2. The van der Waals surface area contributed by atoms with Crippen molar-refractivity contribution >= 4 is 23.6 Å². The van der Waals surface area contributed by atoms with E-state index in [-0.39, 0.29) is 17.7 Å². The molecule has 1 aromatic heterocycles. The molecule has 8 nitrogen and oxygen atoms in total. The summed E-state index contributed by atoms with van der Waals surface area (Å²) in [5, 5.41) is 10.8. The largest absolute Gasteiger partial charge is 0.433 e. The fraction of sp³-hybridized carbons (Fsp3) is 0.667. The molecule has 2 fully saturated rings. The monoisotopic (exact) mass is 355 g/mol. The van der Waals surface area contributed by atoms with Crippen LogP contribution >= 0.6 is 11.8 Å². The van der Waals surface area contributed by atoms with E-state index in [9.17, 15) is 14.9 Å². The van der Waals surface area contributed by atoms with Crippen LogP contribution in [0.1, 0.15) is 17.0 Å². The lowest BCUT2D eigenvalue weighted by molar-refractivity contribution is -0.402. The molecule has 0 saturated carbocycles. The van der Waals surface area contributed by atoms with E-state index in [2.05, 4.69) is 4.90 Å². The van der Waals surface area contributed by atoms with Crippen molar-refractivity contribution in [2.45, 2.75) is 12.5 Å². The van der Waals surface area contributed by atoms with Gasteiger partial charge in [-0.1, -0.05) is 0 Å². The van der Waals surface area contributed by atoms with Crippen molar-refractivity contribution < 1.29 is 18.9 Å². The van der Waals surface area contributed by atoms with Gasteiger partial charge in [-0.2, -0.15) is 11.8 Å². The first-order chi connectivity index (χ1) is 11.6. The average molecular weight is 355 g/mol. The Morgan fingerprint density at radius 1 is 1.33 bits per heavy atom. The second-order valence-corrected chi connectivity index (χ2v) is 7.04. The van der Waals surface area contributed by atoms with Gasteiger partial charge >= 0.3 is 5.88 Å². The molecule has 0 aromatic carbocycles. The van der Waals surface area contributed by atoms with Crippen LogP contribution in [0.5, 0.6) is 0 Å². The fourth-order valence-corrected chi connectivity index (χ4v) is 4.07. The van der Waals surface area contributed by atoms with Gasteiger partial charge in [-0.15, -0.1) is 0 Å². The number of nitrogens with zero attached hydrogens (tertiary/aromatic N) is 3. The zero-order valence-electron chi connectivity index (χ0n) is 13.4. The van der Waals surface area contributed by atoms with Crippen LogP contribution in [0.3, 0.4) is 0 Å². The molecule has 2 aliphatic heterocycles. The molecule has 1 atom stereocenters. The highest BCUT2D eigenvalue weighted by atomic mass is 32.2. The van der Waals surface area contributed by atoms with Crippen LogP contribution in [0.25, 0.3) is 0 Å². The molecule has 3 heterocycles. The van der Waals surface area contributed by atoms with Crippen LogP contribution in [-0.4, -0.2) is 77.6 Å². The molecule has 9 heteroatoms. The Morgan fingerprint density at radius 2 is 2.12 bits per heavy atom. The minimum Gasteiger partial charge on any atom is -0.395 e. The van der Waals surface area contributed by atoms with E-state index in [4.69, 9.17) is 9.15 Å². The number of carbonyl (C=O) groups excluding carboxylic acids is 1. The molecule has 2 saturated heterocycles. The molecule has 0 bridgehead atoms. The lowest BCUT2D eigenvalue weighted by Crippen LogP contribution is -2.50. The maximum atomic E-state index is 12.8. The number of thioether (sulfide) groups is 1. The minimum atomic E-state index is -0.625. The van der Waals surface area contributed by atoms with Gasteiger partial charge in [-0.3, -0.25) is 19.8 Å². The Balaban J connectivity index is 1.72. The number of rotatable bonds is 4. The molecule has 0 aliphatic carbocycles. The quantitative estimate of drug-likeness (QED) is 0.597. The van der Waals surface area contributed by atoms with Crippen molar-refractivity contribution in [1.82, 2.24) is 9.80 Å². The standard InChI is InChI=1S/C15H21N3O5S/c19-15(13-2-3-14(23-13)18(20)21)17-4-1-9-24-11-12(17)10-16-5-7-22-8-6-16/h2-3,12H,1,4-11H2. The third-order valence-electron chi connectivity index (χ3n) is 4.25. The van der Waals surface area contributed by atoms with E-state index < -0.39 is 10.8 Å². The van der Waals surface area contributed by atoms with Gasteiger partial charge in [0.15, 0.2) is 5.76 Å². The predicted molar refractivity (Wildman–Crippen MR) is 89.4 cm³/mol. The number of morpholine rings is 1. The van der Waals surface area contributed by atoms with E-state index >= 15 is 0 Å². The zero-order chi connectivity index (χ0) is 16.9. The minimum absolute atomic E-state index is 0.0422. The van der Waals surface area contributed by atoms with E-state index in [0.29, 0.717) is 6.54 Å². The van der Waals surface area contributed by atoms with Crippen LogP contribution in [0.15, 0.2) is 16.5 Å². The van der Waals surface area contributed by atoms with Gasteiger partial charge in [-0.25, -0.2) is 0 Å². The summed E-state index contributed by atoms with van der Waals surface area (Å²) in [6.45, 7) is 4.63. The number of ether oxygens (including phenoxy) is 1. The SMILES string of the molecule is O=C(c1ccc([N+](=O)[O-])o1)N1CCCSCC1CN1CCOCC1. The number of furan rings is 1. The predicted octanol–water partition coefficient (Wildman–Crippen LogP) is 1.47. The van der Waals surface area contributed by atoms with Crippen LogP contribution in [-0.2, 0) is 4.74 Å². The first-order valence-corrected chi connectivity index (χ1v) is 9.23. The van der Waals surface area contributed by atoms with Crippen molar-refractivity contribution in [1.29, 1.82) is 0 Å². The number of nitro groups is 1. The maximum absolute atomic E-state index is 12.8. The van der Waals surface area contributed by atoms with Crippen LogP contribution < -0.4 is 0 Å². The van der Waals surface area contributed by atoms with Gasteiger partial charge in [0.05, 0.1) is 25.3 Å². The van der Waals surface area contributed by atoms with Gasteiger partial charge in [0, 0.05) is 31.9 Å². The summed E-state index contributed by atoms with van der Waals surface area (Å²) in [6, 6.07) is 2.70. The lowest BCUT2D eigenvalue weighted by Gasteiger charge is -2.35. The second kappa shape index (κ2) is 8.00. The molecule has 1 amide bonds. The molecular weight excluding hydrogens is 334 g/mol. The lowest BCUT2D eigenvalue weighted by atomic mass is 10.2. The summed E-state index contributed by atoms with van der Waals surface area (Å²) in [6.07, 6.45) is 0.915. The summed E-state index contributed by atoms with van der Waals surface area (Å²) in [7, 11) is 0. The Morgan fingerprint density at radius 3 is 2.83 bits per heavy atom. The van der Waals surface area contributed by atoms with E-state index in [1.54, 1.807) is 0 Å². The number of hydrogen-bond acceptors (Lipinski definition) is 7. The second-order valence-electron chi connectivity index (χ2n) is 5.89. The highest BCUT2D eigenvalue weighted by molar-refractivity contribution is 7.99. The molecule has 0 N–H and O–H groups in total. The normalized spacial score (nSPS) is 23.0. The topological polar surface area (TPSA) is 89.1 Å². The van der Waals surface area contributed by atoms with Gasteiger partial charge in [-0.05, 0) is 18.2 Å². The van der Waals surface area contributed by atoms with Gasteiger partial charge in [0.25, 0.3) is 5.91 Å². The molecule has 1 aromatic rings.